The molecule has 2 N–H and O–H groups in total. The summed E-state index contributed by atoms with van der Waals surface area (Å²) in [5, 5.41) is 7.60. The number of hydrogen-bond donors (Lipinski definition) is 2. The summed E-state index contributed by atoms with van der Waals surface area (Å²) in [6, 6.07) is 14.0. The third-order valence-electron chi connectivity index (χ3n) is 7.81. The molecular weight excluding hydrogens is 472 g/mol. The van der Waals surface area contributed by atoms with Crippen molar-refractivity contribution in [3.63, 3.8) is 0 Å². The van der Waals surface area contributed by atoms with E-state index in [0.717, 1.165) is 41.8 Å². The van der Waals surface area contributed by atoms with E-state index >= 15 is 0 Å². The van der Waals surface area contributed by atoms with Crippen LogP contribution in [-0.2, 0) is 12.8 Å². The van der Waals surface area contributed by atoms with Crippen LogP contribution < -0.4 is 20.1 Å². The van der Waals surface area contributed by atoms with E-state index in [9.17, 15) is 9.59 Å². The van der Waals surface area contributed by atoms with Gasteiger partial charge in [0.1, 0.15) is 22.7 Å². The van der Waals surface area contributed by atoms with Gasteiger partial charge in [0.15, 0.2) is 0 Å². The van der Waals surface area contributed by atoms with E-state index in [-0.39, 0.29) is 12.1 Å². The Bertz CT molecular complexity index is 1280. The number of methoxy groups -OCH3 is 1. The van der Waals surface area contributed by atoms with Crippen molar-refractivity contribution in [3.05, 3.63) is 75.7 Å². The second-order valence-electron chi connectivity index (χ2n) is 10.2. The lowest BCUT2D eigenvalue weighted by Gasteiger charge is -2.36. The highest BCUT2D eigenvalue weighted by atomic mass is 32.1. The van der Waals surface area contributed by atoms with Crippen LogP contribution in [0.4, 0.5) is 5.00 Å². The number of carbonyl (C=O) groups is 2. The molecule has 3 aromatic rings. The first-order valence-corrected chi connectivity index (χ1v) is 13.3. The van der Waals surface area contributed by atoms with Crippen LogP contribution in [0.3, 0.4) is 0 Å². The van der Waals surface area contributed by atoms with Crippen LogP contribution in [0.15, 0.2) is 48.5 Å². The molecule has 1 aliphatic heterocycles. The fourth-order valence-corrected chi connectivity index (χ4v) is 6.39. The van der Waals surface area contributed by atoms with Crippen LogP contribution in [0, 0.1) is 11.3 Å². The van der Waals surface area contributed by atoms with E-state index in [1.165, 1.54) is 10.4 Å². The topological polar surface area (TPSA) is 76.7 Å². The number of anilines is 1. The Kier molecular flexibility index (Phi) is 6.51. The van der Waals surface area contributed by atoms with Crippen molar-refractivity contribution >= 4 is 28.2 Å². The molecule has 0 spiro atoms. The van der Waals surface area contributed by atoms with Crippen LogP contribution >= 0.6 is 11.3 Å². The molecule has 188 valence electrons. The Morgan fingerprint density at radius 3 is 2.42 bits per heavy atom. The van der Waals surface area contributed by atoms with Gasteiger partial charge in [0.25, 0.3) is 5.91 Å². The molecule has 0 saturated carbocycles. The molecule has 0 bridgehead atoms. The first-order chi connectivity index (χ1) is 17.3. The van der Waals surface area contributed by atoms with E-state index < -0.39 is 5.97 Å². The number of rotatable bonds is 6. The third kappa shape index (κ3) is 4.60. The Hall–Kier alpha value is -3.32. The summed E-state index contributed by atoms with van der Waals surface area (Å²) >= 11 is 1.73. The lowest BCUT2D eigenvalue weighted by atomic mass is 9.69. The number of amides is 1. The van der Waals surface area contributed by atoms with Gasteiger partial charge in [-0.25, -0.2) is 4.79 Å². The van der Waals surface area contributed by atoms with Gasteiger partial charge in [0.2, 0.25) is 0 Å². The molecule has 2 atom stereocenters. The number of thiophene rings is 1. The minimum Gasteiger partial charge on any atom is -0.497 e. The van der Waals surface area contributed by atoms with Crippen LogP contribution in [-0.4, -0.2) is 19.0 Å². The zero-order valence-electron chi connectivity index (χ0n) is 21.1. The molecule has 1 amide bonds. The number of hydrogen-bond acceptors (Lipinski definition) is 6. The highest BCUT2D eigenvalue weighted by Gasteiger charge is 2.37. The van der Waals surface area contributed by atoms with Crippen molar-refractivity contribution in [3.8, 4) is 11.5 Å². The summed E-state index contributed by atoms with van der Waals surface area (Å²) in [6.45, 7) is 6.98. The maximum absolute atomic E-state index is 13.1. The van der Waals surface area contributed by atoms with Gasteiger partial charge in [-0.3, -0.25) is 4.79 Å². The van der Waals surface area contributed by atoms with Crippen molar-refractivity contribution in [1.82, 2.24) is 5.32 Å². The molecule has 1 aromatic heterocycles. The Morgan fingerprint density at radius 2 is 1.75 bits per heavy atom. The smallest absolute Gasteiger partial charge is 0.343 e. The summed E-state index contributed by atoms with van der Waals surface area (Å²) in [7, 11) is 1.58. The first-order valence-electron chi connectivity index (χ1n) is 12.5. The summed E-state index contributed by atoms with van der Waals surface area (Å²) in [5.74, 6) is 1.31. The van der Waals surface area contributed by atoms with E-state index in [4.69, 9.17) is 9.47 Å². The van der Waals surface area contributed by atoms with Crippen molar-refractivity contribution in [2.75, 3.05) is 12.4 Å². The molecule has 0 unspecified atom stereocenters. The van der Waals surface area contributed by atoms with E-state index in [1.807, 2.05) is 12.1 Å². The Balaban J connectivity index is 1.28. The third-order valence-corrected chi connectivity index (χ3v) is 8.99. The van der Waals surface area contributed by atoms with Crippen LogP contribution in [0.5, 0.6) is 11.5 Å². The molecule has 36 heavy (non-hydrogen) atoms. The monoisotopic (exact) mass is 504 g/mol. The molecule has 1 aliphatic carbocycles. The summed E-state index contributed by atoms with van der Waals surface area (Å²) < 4.78 is 10.6. The summed E-state index contributed by atoms with van der Waals surface area (Å²) in [6.07, 6.45) is 3.96. The van der Waals surface area contributed by atoms with E-state index in [1.54, 1.807) is 54.8 Å². The molecule has 0 fully saturated rings. The Labute approximate surface area is 216 Å². The van der Waals surface area contributed by atoms with Gasteiger partial charge in [-0.1, -0.05) is 39.3 Å². The maximum Gasteiger partial charge on any atom is 0.343 e. The normalized spacial score (nSPS) is 18.9. The molecule has 0 radical (unpaired) electrons. The first kappa shape index (κ1) is 24.4. The maximum atomic E-state index is 13.1. The molecule has 2 aromatic carbocycles. The number of ether oxygens (including phenoxy) is 2. The van der Waals surface area contributed by atoms with E-state index in [2.05, 4.69) is 31.4 Å². The van der Waals surface area contributed by atoms with Crippen molar-refractivity contribution < 1.29 is 19.1 Å². The largest absolute Gasteiger partial charge is 0.497 e. The van der Waals surface area contributed by atoms with E-state index in [0.29, 0.717) is 28.4 Å². The number of fused-ring (bicyclic) bond motifs is 3. The minimum atomic E-state index is -0.437. The van der Waals surface area contributed by atoms with Gasteiger partial charge in [0.05, 0.1) is 18.2 Å². The summed E-state index contributed by atoms with van der Waals surface area (Å²) in [4.78, 5) is 26.9. The van der Waals surface area contributed by atoms with Gasteiger partial charge in [0, 0.05) is 4.88 Å². The molecule has 5 rings (SSSR count). The number of benzene rings is 2. The van der Waals surface area contributed by atoms with Gasteiger partial charge >= 0.3 is 5.97 Å². The molecule has 2 aliphatic rings. The molecule has 7 heteroatoms. The predicted octanol–water partition coefficient (Wildman–Crippen LogP) is 6.37. The van der Waals surface area contributed by atoms with Gasteiger partial charge in [-0.2, -0.15) is 0 Å². The molecular formula is C29H32N2O4S. The summed E-state index contributed by atoms with van der Waals surface area (Å²) in [5.41, 5.74) is 3.69. The van der Waals surface area contributed by atoms with Crippen molar-refractivity contribution in [2.24, 2.45) is 11.3 Å². The predicted molar refractivity (Wildman–Crippen MR) is 142 cm³/mol. The standard InChI is InChI=1S/C29H32N2O4S/c1-5-29(2,3)19-10-15-22-23(16-19)36-27-24(22)26(32)30-25(31-27)17-6-13-21(14-7-17)35-28(33)18-8-11-20(34-4)12-9-18/h6-9,11-14,19,25,31H,5,10,15-16H2,1-4H3,(H,30,32)/t19-,25-/m0/s1. The lowest BCUT2D eigenvalue weighted by Crippen LogP contribution is -2.38. The fraction of sp³-hybridized carbons (Fsp3) is 0.379. The fourth-order valence-electron chi connectivity index (χ4n) is 5.04. The Morgan fingerprint density at radius 1 is 1.06 bits per heavy atom. The average molecular weight is 505 g/mol. The number of nitrogens with one attached hydrogen (secondary N) is 2. The second-order valence-corrected chi connectivity index (χ2v) is 11.3. The quantitative estimate of drug-likeness (QED) is 0.301. The van der Waals surface area contributed by atoms with Crippen molar-refractivity contribution in [2.45, 2.75) is 52.6 Å². The lowest BCUT2D eigenvalue weighted by molar-refractivity contribution is 0.0734. The van der Waals surface area contributed by atoms with Crippen molar-refractivity contribution in [1.29, 1.82) is 0 Å². The highest BCUT2D eigenvalue weighted by Crippen LogP contribution is 2.47. The van der Waals surface area contributed by atoms with Crippen LogP contribution in [0.25, 0.3) is 0 Å². The average Bonchev–Trinajstić information content (AvgIpc) is 3.27. The van der Waals surface area contributed by atoms with Crippen LogP contribution in [0.2, 0.25) is 0 Å². The second kappa shape index (κ2) is 9.62. The SMILES string of the molecule is CCC(C)(C)[C@H]1CCc2c(sc3c2C(=O)N[C@H](c2ccc(OC(=O)c4ccc(OC)cc4)cc2)N3)C1. The number of carbonyl (C=O) groups excluding carboxylic acids is 2. The number of esters is 1. The van der Waals surface area contributed by atoms with Crippen LogP contribution in [0.1, 0.15) is 76.5 Å². The highest BCUT2D eigenvalue weighted by molar-refractivity contribution is 7.16. The van der Waals surface area contributed by atoms with Gasteiger partial charge in [-0.15, -0.1) is 11.3 Å². The van der Waals surface area contributed by atoms with Gasteiger partial charge < -0.3 is 20.1 Å². The minimum absolute atomic E-state index is 0.0190. The van der Waals surface area contributed by atoms with Gasteiger partial charge in [-0.05, 0) is 78.1 Å². The molecule has 2 heterocycles. The zero-order chi connectivity index (χ0) is 25.4. The molecule has 0 saturated heterocycles. The molecule has 6 nitrogen and oxygen atoms in total. The zero-order valence-corrected chi connectivity index (χ0v) is 22.0.